The molecule has 124 valence electrons. The number of nitro groups is 1. The molecule has 7 heteroatoms. The van der Waals surface area contributed by atoms with Gasteiger partial charge in [-0.15, -0.1) is 0 Å². The van der Waals surface area contributed by atoms with Crippen molar-refractivity contribution in [2.45, 2.75) is 19.4 Å². The standard InChI is InChI=1S/C17H16N2O5/c1-11-5-2-3-8-14(11)17(22)18-15(10-16(20)21)12-6-4-7-13(9-12)19(23)24/h2-9,15H,10H2,1H3,(H,18,22)(H,20,21)/t15-/m1/s1. The summed E-state index contributed by atoms with van der Waals surface area (Å²) in [5, 5.41) is 22.6. The Morgan fingerprint density at radius 1 is 1.21 bits per heavy atom. The van der Waals surface area contributed by atoms with E-state index in [9.17, 15) is 19.7 Å². The minimum Gasteiger partial charge on any atom is -0.481 e. The third-order valence-electron chi connectivity index (χ3n) is 3.56. The molecule has 1 atom stereocenters. The van der Waals surface area contributed by atoms with Crippen molar-refractivity contribution in [3.05, 3.63) is 75.3 Å². The smallest absolute Gasteiger partial charge is 0.305 e. The highest BCUT2D eigenvalue weighted by Gasteiger charge is 2.21. The topological polar surface area (TPSA) is 110 Å². The van der Waals surface area contributed by atoms with E-state index in [4.69, 9.17) is 5.11 Å². The molecule has 24 heavy (non-hydrogen) atoms. The Morgan fingerprint density at radius 2 is 1.92 bits per heavy atom. The summed E-state index contributed by atoms with van der Waals surface area (Å²) >= 11 is 0. The number of aryl methyl sites for hydroxylation is 1. The zero-order valence-corrected chi connectivity index (χ0v) is 12.9. The molecule has 0 aromatic heterocycles. The van der Waals surface area contributed by atoms with E-state index in [2.05, 4.69) is 5.32 Å². The number of carboxylic acid groups (broad SMARTS) is 1. The van der Waals surface area contributed by atoms with E-state index in [0.717, 1.165) is 5.56 Å². The molecule has 7 nitrogen and oxygen atoms in total. The third kappa shape index (κ3) is 4.16. The molecule has 2 rings (SSSR count). The molecule has 0 bridgehead atoms. The molecule has 0 aliphatic heterocycles. The van der Waals surface area contributed by atoms with Crippen LogP contribution in [-0.4, -0.2) is 21.9 Å². The lowest BCUT2D eigenvalue weighted by atomic mass is 10.0. The van der Waals surface area contributed by atoms with Gasteiger partial charge in [-0.05, 0) is 24.1 Å². The van der Waals surface area contributed by atoms with Crippen molar-refractivity contribution in [2.24, 2.45) is 0 Å². The molecule has 0 unspecified atom stereocenters. The first-order valence-electron chi connectivity index (χ1n) is 7.21. The quantitative estimate of drug-likeness (QED) is 0.626. The van der Waals surface area contributed by atoms with Crippen LogP contribution in [0.25, 0.3) is 0 Å². The van der Waals surface area contributed by atoms with Crippen molar-refractivity contribution in [1.29, 1.82) is 0 Å². The number of aliphatic carboxylic acids is 1. The van der Waals surface area contributed by atoms with Gasteiger partial charge in [0.15, 0.2) is 0 Å². The van der Waals surface area contributed by atoms with Gasteiger partial charge in [-0.25, -0.2) is 0 Å². The molecule has 2 aromatic carbocycles. The SMILES string of the molecule is Cc1ccccc1C(=O)N[C@H](CC(=O)O)c1cccc([N+](=O)[O-])c1. The summed E-state index contributed by atoms with van der Waals surface area (Å²) in [5.74, 6) is -1.54. The summed E-state index contributed by atoms with van der Waals surface area (Å²) in [7, 11) is 0. The van der Waals surface area contributed by atoms with Crippen molar-refractivity contribution in [2.75, 3.05) is 0 Å². The highest BCUT2D eigenvalue weighted by Crippen LogP contribution is 2.22. The van der Waals surface area contributed by atoms with E-state index >= 15 is 0 Å². The van der Waals surface area contributed by atoms with Crippen LogP contribution in [0.2, 0.25) is 0 Å². The number of nitro benzene ring substituents is 1. The predicted molar refractivity (Wildman–Crippen MR) is 86.7 cm³/mol. The number of benzene rings is 2. The number of nitrogens with zero attached hydrogens (tertiary/aromatic N) is 1. The van der Waals surface area contributed by atoms with Crippen LogP contribution < -0.4 is 5.32 Å². The number of carbonyl (C=O) groups is 2. The molecular weight excluding hydrogens is 312 g/mol. The van der Waals surface area contributed by atoms with E-state index in [1.165, 1.54) is 18.2 Å². The van der Waals surface area contributed by atoms with E-state index < -0.39 is 22.8 Å². The van der Waals surface area contributed by atoms with Gasteiger partial charge < -0.3 is 10.4 Å². The molecule has 0 heterocycles. The van der Waals surface area contributed by atoms with Gasteiger partial charge in [0.05, 0.1) is 17.4 Å². The van der Waals surface area contributed by atoms with Gasteiger partial charge in [0.1, 0.15) is 0 Å². The lowest BCUT2D eigenvalue weighted by Gasteiger charge is -2.18. The zero-order chi connectivity index (χ0) is 17.7. The van der Waals surface area contributed by atoms with Crippen LogP contribution in [0.3, 0.4) is 0 Å². The molecule has 0 aliphatic carbocycles. The second-order valence-corrected chi connectivity index (χ2v) is 5.29. The molecule has 1 amide bonds. The van der Waals surface area contributed by atoms with Crippen molar-refractivity contribution in [1.82, 2.24) is 5.32 Å². The summed E-state index contributed by atoms with van der Waals surface area (Å²) in [6.07, 6.45) is -0.376. The Morgan fingerprint density at radius 3 is 2.54 bits per heavy atom. The van der Waals surface area contributed by atoms with E-state index in [-0.39, 0.29) is 12.1 Å². The highest BCUT2D eigenvalue weighted by molar-refractivity contribution is 5.96. The maximum absolute atomic E-state index is 12.4. The molecule has 0 radical (unpaired) electrons. The Bertz CT molecular complexity index is 788. The second-order valence-electron chi connectivity index (χ2n) is 5.29. The lowest BCUT2D eigenvalue weighted by molar-refractivity contribution is -0.384. The van der Waals surface area contributed by atoms with Crippen LogP contribution in [0.5, 0.6) is 0 Å². The molecule has 0 saturated heterocycles. The molecule has 0 aliphatic rings. The van der Waals surface area contributed by atoms with Crippen molar-refractivity contribution >= 4 is 17.6 Å². The first kappa shape index (κ1) is 17.1. The van der Waals surface area contributed by atoms with Crippen molar-refractivity contribution in [3.63, 3.8) is 0 Å². The summed E-state index contributed by atoms with van der Waals surface area (Å²) < 4.78 is 0. The Hall–Kier alpha value is -3.22. The third-order valence-corrected chi connectivity index (χ3v) is 3.56. The number of carboxylic acids is 1. The normalized spacial score (nSPS) is 11.5. The largest absolute Gasteiger partial charge is 0.481 e. The molecule has 0 spiro atoms. The maximum atomic E-state index is 12.4. The Balaban J connectivity index is 2.30. The summed E-state index contributed by atoms with van der Waals surface area (Å²) in [6, 6.07) is 11.6. The van der Waals surface area contributed by atoms with Crippen LogP contribution in [0.15, 0.2) is 48.5 Å². The average Bonchev–Trinajstić information content (AvgIpc) is 2.54. The highest BCUT2D eigenvalue weighted by atomic mass is 16.6. The fourth-order valence-electron chi connectivity index (χ4n) is 2.35. The number of rotatable bonds is 6. The van der Waals surface area contributed by atoms with Crippen LogP contribution in [0, 0.1) is 17.0 Å². The fourth-order valence-corrected chi connectivity index (χ4v) is 2.35. The number of amides is 1. The Labute approximate surface area is 138 Å². The Kier molecular flexibility index (Phi) is 5.26. The van der Waals surface area contributed by atoms with Gasteiger partial charge in [-0.3, -0.25) is 19.7 Å². The van der Waals surface area contributed by atoms with Gasteiger partial charge >= 0.3 is 5.97 Å². The monoisotopic (exact) mass is 328 g/mol. The molecule has 2 N–H and O–H groups in total. The summed E-state index contributed by atoms with van der Waals surface area (Å²) in [5.41, 5.74) is 1.39. The molecule has 2 aromatic rings. The van der Waals surface area contributed by atoms with Crippen molar-refractivity contribution in [3.8, 4) is 0 Å². The van der Waals surface area contributed by atoms with E-state index in [1.54, 1.807) is 37.3 Å². The summed E-state index contributed by atoms with van der Waals surface area (Å²) in [4.78, 5) is 33.8. The van der Waals surface area contributed by atoms with Crippen LogP contribution in [0.4, 0.5) is 5.69 Å². The van der Waals surface area contributed by atoms with Gasteiger partial charge in [0.25, 0.3) is 11.6 Å². The summed E-state index contributed by atoms with van der Waals surface area (Å²) in [6.45, 7) is 1.77. The van der Waals surface area contributed by atoms with E-state index in [0.29, 0.717) is 11.1 Å². The zero-order valence-electron chi connectivity index (χ0n) is 12.9. The average molecular weight is 328 g/mol. The van der Waals surface area contributed by atoms with Crippen LogP contribution >= 0.6 is 0 Å². The van der Waals surface area contributed by atoms with Gasteiger partial charge in [-0.2, -0.15) is 0 Å². The van der Waals surface area contributed by atoms with Crippen LogP contribution in [-0.2, 0) is 4.79 Å². The van der Waals surface area contributed by atoms with E-state index in [1.807, 2.05) is 0 Å². The predicted octanol–water partition coefficient (Wildman–Crippen LogP) is 2.85. The van der Waals surface area contributed by atoms with Gasteiger partial charge in [0.2, 0.25) is 0 Å². The lowest BCUT2D eigenvalue weighted by Crippen LogP contribution is -2.30. The fraction of sp³-hybridized carbons (Fsp3) is 0.176. The molecular formula is C17H16N2O5. The van der Waals surface area contributed by atoms with Crippen molar-refractivity contribution < 1.29 is 19.6 Å². The number of hydrogen-bond donors (Lipinski definition) is 2. The first-order valence-corrected chi connectivity index (χ1v) is 7.21. The van der Waals surface area contributed by atoms with Gasteiger partial charge in [-0.1, -0.05) is 30.3 Å². The number of hydrogen-bond acceptors (Lipinski definition) is 4. The molecule has 0 fully saturated rings. The maximum Gasteiger partial charge on any atom is 0.305 e. The molecule has 0 saturated carbocycles. The number of carbonyl (C=O) groups excluding carboxylic acids is 1. The first-order chi connectivity index (χ1) is 11.4. The minimum absolute atomic E-state index is 0.159. The minimum atomic E-state index is -1.11. The number of nitrogens with one attached hydrogen (secondary N) is 1. The van der Waals surface area contributed by atoms with Gasteiger partial charge in [0, 0.05) is 17.7 Å². The second kappa shape index (κ2) is 7.36. The van der Waals surface area contributed by atoms with Crippen LogP contribution in [0.1, 0.15) is 33.9 Å². The number of non-ortho nitro benzene ring substituents is 1.